The van der Waals surface area contributed by atoms with Gasteiger partial charge in [-0.1, -0.05) is 47.1 Å². The Hall–Kier alpha value is -1.69. The van der Waals surface area contributed by atoms with Gasteiger partial charge >= 0.3 is 0 Å². The second kappa shape index (κ2) is 10.4. The molecule has 2 unspecified atom stereocenters. The maximum Gasteiger partial charge on any atom is 0.191 e. The van der Waals surface area contributed by atoms with Gasteiger partial charge in [-0.2, -0.15) is 0 Å². The maximum atomic E-state index is 10.7. The third kappa shape index (κ3) is 5.10. The number of rotatable bonds is 9. The molecule has 2 fully saturated rings. The summed E-state index contributed by atoms with van der Waals surface area (Å²) in [6.45, 7) is 2.05. The lowest BCUT2D eigenvalue weighted by Gasteiger charge is -2.17. The number of nitrogens with zero attached hydrogens (tertiary/aromatic N) is 5. The van der Waals surface area contributed by atoms with E-state index in [1.165, 1.54) is 0 Å². The fourth-order valence-corrected chi connectivity index (χ4v) is 6.11. The van der Waals surface area contributed by atoms with Crippen LogP contribution in [0.2, 0.25) is 10.0 Å². The van der Waals surface area contributed by atoms with E-state index in [0.717, 1.165) is 24.2 Å². The topological polar surface area (TPSA) is 129 Å². The highest BCUT2D eigenvalue weighted by atomic mass is 35.5. The normalized spacial score (nSPS) is 28.1. The van der Waals surface area contributed by atoms with Gasteiger partial charge in [-0.05, 0) is 55.4 Å². The number of halogens is 2. The Morgan fingerprint density at radius 1 is 1.11 bits per heavy atom. The average Bonchev–Trinajstić information content (AvgIpc) is 3.38. The van der Waals surface area contributed by atoms with Crippen molar-refractivity contribution in [3.05, 3.63) is 33.8 Å². The Bertz CT molecular complexity index is 1190. The van der Waals surface area contributed by atoms with Crippen LogP contribution in [0.25, 0.3) is 11.2 Å². The van der Waals surface area contributed by atoms with Crippen molar-refractivity contribution in [3.63, 3.8) is 0 Å². The summed E-state index contributed by atoms with van der Waals surface area (Å²) in [6, 6.07) is 5.25. The molecule has 0 bridgehead atoms. The molecule has 2 heterocycles. The minimum absolute atomic E-state index is 0.0479. The first-order valence-corrected chi connectivity index (χ1v) is 13.6. The molecule has 0 radical (unpaired) electrons. The van der Waals surface area contributed by atoms with E-state index in [9.17, 15) is 15.3 Å². The number of aliphatic hydroxyl groups excluding tert-OH is 3. The first-order valence-electron chi connectivity index (χ1n) is 11.8. The third-order valence-electron chi connectivity index (χ3n) is 6.75. The molecule has 2 aliphatic rings. The number of aromatic nitrogens is 5. The summed E-state index contributed by atoms with van der Waals surface area (Å²) in [5.74, 6) is 1.50. The highest BCUT2D eigenvalue weighted by molar-refractivity contribution is 7.99. The van der Waals surface area contributed by atoms with Crippen molar-refractivity contribution in [2.24, 2.45) is 5.92 Å². The summed E-state index contributed by atoms with van der Waals surface area (Å²) in [5.41, 5.74) is 2.12. The number of benzene rings is 1. The molecule has 2 aromatic heterocycles. The molecular weight excluding hydrogens is 511 g/mol. The number of hydrogen-bond donors (Lipinski definition) is 4. The number of fused-ring (bicyclic) bond motifs is 1. The molecule has 9 nitrogen and oxygen atoms in total. The van der Waals surface area contributed by atoms with Crippen molar-refractivity contribution >= 4 is 51.9 Å². The van der Waals surface area contributed by atoms with E-state index in [-0.39, 0.29) is 24.5 Å². The van der Waals surface area contributed by atoms with Crippen molar-refractivity contribution < 1.29 is 15.3 Å². The molecule has 1 aromatic carbocycles. The summed E-state index contributed by atoms with van der Waals surface area (Å²) < 4.78 is 1.60. The zero-order valence-corrected chi connectivity index (χ0v) is 21.5. The van der Waals surface area contributed by atoms with Gasteiger partial charge < -0.3 is 20.6 Å². The number of anilines is 1. The Morgan fingerprint density at radius 2 is 1.89 bits per heavy atom. The lowest BCUT2D eigenvalue weighted by molar-refractivity contribution is 0.00107. The molecule has 5 rings (SSSR count). The Morgan fingerprint density at radius 3 is 2.60 bits per heavy atom. The lowest BCUT2D eigenvalue weighted by Crippen LogP contribution is -2.30. The first-order chi connectivity index (χ1) is 16.9. The van der Waals surface area contributed by atoms with Crippen LogP contribution in [0, 0.1) is 5.92 Å². The molecule has 0 aliphatic heterocycles. The van der Waals surface area contributed by atoms with Crippen LogP contribution in [-0.4, -0.2) is 70.9 Å². The van der Waals surface area contributed by atoms with Gasteiger partial charge in [0.1, 0.15) is 6.10 Å². The van der Waals surface area contributed by atoms with Crippen LogP contribution in [0.4, 0.5) is 5.82 Å². The van der Waals surface area contributed by atoms with Crippen LogP contribution in [0.15, 0.2) is 23.4 Å². The fraction of sp³-hybridized carbons (Fsp3) is 0.565. The van der Waals surface area contributed by atoms with Gasteiger partial charge in [0.25, 0.3) is 0 Å². The van der Waals surface area contributed by atoms with Gasteiger partial charge in [0.2, 0.25) is 0 Å². The van der Waals surface area contributed by atoms with Crippen molar-refractivity contribution in [2.45, 2.75) is 68.0 Å². The number of hydrogen-bond acceptors (Lipinski definition) is 9. The summed E-state index contributed by atoms with van der Waals surface area (Å²) in [6.07, 6.45) is 0.822. The number of aliphatic hydroxyl groups is 3. The molecule has 3 aromatic rings. The van der Waals surface area contributed by atoms with E-state index >= 15 is 0 Å². The number of thioether (sulfide) groups is 1. The lowest BCUT2D eigenvalue weighted by atomic mass is 10.0. The third-order valence-corrected chi connectivity index (χ3v) is 8.24. The van der Waals surface area contributed by atoms with Gasteiger partial charge in [-0.25, -0.2) is 14.6 Å². The Balaban J connectivity index is 1.45. The van der Waals surface area contributed by atoms with E-state index in [1.54, 1.807) is 22.5 Å². The van der Waals surface area contributed by atoms with E-state index < -0.39 is 18.2 Å². The SMILES string of the molecule is CCCSc1nc(NC2CC2c2cc(Cl)cc(Cl)c2)c2nnn([C@@H]3C[C@H](CCO)[C@@H](O)[C@H]3O)c2n1. The summed E-state index contributed by atoms with van der Waals surface area (Å²) in [7, 11) is 0. The Kier molecular flexibility index (Phi) is 7.39. The van der Waals surface area contributed by atoms with Crippen molar-refractivity contribution in [3.8, 4) is 0 Å². The minimum atomic E-state index is -1.02. The highest BCUT2D eigenvalue weighted by Gasteiger charge is 2.44. The molecule has 4 N–H and O–H groups in total. The second-order valence-electron chi connectivity index (χ2n) is 9.26. The molecule has 35 heavy (non-hydrogen) atoms. The molecule has 0 saturated heterocycles. The van der Waals surface area contributed by atoms with Crippen molar-refractivity contribution in [1.82, 2.24) is 25.0 Å². The average molecular weight is 539 g/mol. The van der Waals surface area contributed by atoms with Crippen molar-refractivity contribution in [1.29, 1.82) is 0 Å². The zero-order valence-electron chi connectivity index (χ0n) is 19.2. The van der Waals surface area contributed by atoms with Gasteiger partial charge in [0, 0.05) is 34.4 Å². The van der Waals surface area contributed by atoms with Crippen LogP contribution in [0.5, 0.6) is 0 Å². The standard InChI is InChI=1S/C23H28Cl2N6O3S/c1-2-5-35-23-27-21(26-16-10-15(16)12-6-13(24)9-14(25)7-12)18-22(28-23)31(30-29-18)17-8-11(3-4-32)19(33)20(17)34/h6-7,9,11,15-17,19-20,32-34H,2-5,8,10H2,1H3,(H,26,27,28)/t11-,15?,16?,17+,19+,20-/m0/s1. The molecule has 2 aliphatic carbocycles. The largest absolute Gasteiger partial charge is 0.396 e. The predicted octanol–water partition coefficient (Wildman–Crippen LogP) is 3.66. The van der Waals surface area contributed by atoms with Crippen LogP contribution >= 0.6 is 35.0 Å². The van der Waals surface area contributed by atoms with Crippen molar-refractivity contribution in [2.75, 3.05) is 17.7 Å². The second-order valence-corrected chi connectivity index (χ2v) is 11.2. The molecule has 0 spiro atoms. The summed E-state index contributed by atoms with van der Waals surface area (Å²) >= 11 is 13.9. The smallest absolute Gasteiger partial charge is 0.191 e. The van der Waals surface area contributed by atoms with Crippen LogP contribution in [0.3, 0.4) is 0 Å². The van der Waals surface area contributed by atoms with Gasteiger partial charge in [-0.3, -0.25) is 0 Å². The molecule has 188 valence electrons. The maximum absolute atomic E-state index is 10.7. The quantitative estimate of drug-likeness (QED) is 0.238. The first kappa shape index (κ1) is 25.0. The van der Waals surface area contributed by atoms with Crippen LogP contribution in [-0.2, 0) is 0 Å². The van der Waals surface area contributed by atoms with Gasteiger partial charge in [0.05, 0.1) is 12.1 Å². The van der Waals surface area contributed by atoms with Crippen LogP contribution in [0.1, 0.15) is 50.1 Å². The zero-order chi connectivity index (χ0) is 24.7. The summed E-state index contributed by atoms with van der Waals surface area (Å²) in [4.78, 5) is 9.44. The molecule has 12 heteroatoms. The Labute approximate surface area is 217 Å². The minimum Gasteiger partial charge on any atom is -0.396 e. The van der Waals surface area contributed by atoms with E-state index in [4.69, 9.17) is 33.2 Å². The van der Waals surface area contributed by atoms with Gasteiger partial charge in [0.15, 0.2) is 22.1 Å². The van der Waals surface area contributed by atoms with Crippen LogP contribution < -0.4 is 5.32 Å². The molecule has 6 atom stereocenters. The monoisotopic (exact) mass is 538 g/mol. The predicted molar refractivity (Wildman–Crippen MR) is 136 cm³/mol. The van der Waals surface area contributed by atoms with E-state index in [2.05, 4.69) is 22.6 Å². The van der Waals surface area contributed by atoms with Gasteiger partial charge in [-0.15, -0.1) is 5.10 Å². The molecular formula is C23H28Cl2N6O3S. The fourth-order valence-electron chi connectivity index (χ4n) is 4.87. The number of nitrogens with one attached hydrogen (secondary N) is 1. The molecule has 2 saturated carbocycles. The molecule has 0 amide bonds. The van der Waals surface area contributed by atoms with E-state index in [1.807, 2.05) is 12.1 Å². The highest BCUT2D eigenvalue weighted by Crippen LogP contribution is 2.45. The van der Waals surface area contributed by atoms with E-state index in [0.29, 0.717) is 45.0 Å². The summed E-state index contributed by atoms with van der Waals surface area (Å²) in [5, 5.41) is 44.5.